The van der Waals surface area contributed by atoms with Crippen molar-refractivity contribution in [2.75, 3.05) is 19.7 Å². The zero-order valence-electron chi connectivity index (χ0n) is 30.7. The number of unbranched alkanes of at least 4 members (excludes halogenated alkanes) is 22. The molecule has 0 aromatic carbocycles. The molecule has 1 unspecified atom stereocenters. The first-order chi connectivity index (χ1) is 20.6. The average Bonchev–Trinajstić information content (AvgIpc) is 2.95. The first-order valence-corrected chi connectivity index (χ1v) is 19.8. The highest BCUT2D eigenvalue weighted by atomic mass is 32.1. The molecule has 1 atom stereocenters. The molecule has 0 aromatic heterocycles. The Hall–Kier alpha value is -0.150. The van der Waals surface area contributed by atoms with Gasteiger partial charge in [0.2, 0.25) is 0 Å². The fourth-order valence-corrected chi connectivity index (χ4v) is 6.29. The molecule has 0 heterocycles. The summed E-state index contributed by atoms with van der Waals surface area (Å²) in [7, 11) is 0. The van der Waals surface area contributed by atoms with Crippen LogP contribution in [0.1, 0.15) is 215 Å². The van der Waals surface area contributed by atoms with Crippen LogP contribution in [-0.2, 0) is 4.74 Å². The van der Waals surface area contributed by atoms with E-state index in [1.54, 1.807) is 0 Å². The molecule has 0 saturated heterocycles. The van der Waals surface area contributed by atoms with Gasteiger partial charge >= 0.3 is 0 Å². The van der Waals surface area contributed by atoms with Gasteiger partial charge in [0, 0.05) is 18.8 Å². The summed E-state index contributed by atoms with van der Waals surface area (Å²) < 4.78 is 6.34. The van der Waals surface area contributed by atoms with Gasteiger partial charge in [0.15, 0.2) is 0 Å². The third-order valence-electron chi connectivity index (χ3n) is 9.13. The SMILES string of the molecule is C=C(COC(C)(S)CCCC(C)(C)C)N(CCCCCCCCCCCCCC)CCCCCCCCCCCCCC. The standard InChI is InChI=1S/C40H81NOS/c1-8-10-12-14-16-18-20-22-24-26-28-30-35-41(36-31-29-27-25-23-21-19-17-15-13-11-9-2)38(3)37-42-40(7,43)34-32-33-39(4,5)6/h43H,3,8-37H2,1-2,4-7H3. The van der Waals surface area contributed by atoms with E-state index in [9.17, 15) is 0 Å². The number of nitrogens with zero attached hydrogens (tertiary/aromatic N) is 1. The number of ether oxygens (including phenoxy) is 1. The lowest BCUT2D eigenvalue weighted by Crippen LogP contribution is -2.31. The second-order valence-electron chi connectivity index (χ2n) is 15.2. The highest BCUT2D eigenvalue weighted by molar-refractivity contribution is 7.81. The van der Waals surface area contributed by atoms with Crippen molar-refractivity contribution in [1.82, 2.24) is 4.90 Å². The fourth-order valence-electron chi connectivity index (χ4n) is 6.06. The molecular weight excluding hydrogens is 543 g/mol. The van der Waals surface area contributed by atoms with Crippen molar-refractivity contribution in [2.45, 2.75) is 220 Å². The topological polar surface area (TPSA) is 12.5 Å². The van der Waals surface area contributed by atoms with Crippen LogP contribution < -0.4 is 0 Å². The molecule has 0 aliphatic rings. The zero-order valence-corrected chi connectivity index (χ0v) is 31.6. The normalized spacial score (nSPS) is 13.4. The van der Waals surface area contributed by atoms with Crippen LogP contribution in [0.2, 0.25) is 0 Å². The van der Waals surface area contributed by atoms with Crippen LogP contribution in [0.25, 0.3) is 0 Å². The predicted molar refractivity (Wildman–Crippen MR) is 200 cm³/mol. The van der Waals surface area contributed by atoms with Gasteiger partial charge in [-0.25, -0.2) is 0 Å². The van der Waals surface area contributed by atoms with Gasteiger partial charge in [-0.1, -0.05) is 182 Å². The number of rotatable bonds is 33. The molecule has 0 rings (SSSR count). The minimum Gasteiger partial charge on any atom is -0.373 e. The summed E-state index contributed by atoms with van der Waals surface area (Å²) in [6.07, 6.45) is 36.9. The predicted octanol–water partition coefficient (Wildman–Crippen LogP) is 14.1. The van der Waals surface area contributed by atoms with E-state index >= 15 is 0 Å². The van der Waals surface area contributed by atoms with E-state index in [0.29, 0.717) is 12.0 Å². The molecule has 43 heavy (non-hydrogen) atoms. The fraction of sp³-hybridized carbons (Fsp3) is 0.950. The van der Waals surface area contributed by atoms with Crippen molar-refractivity contribution in [2.24, 2.45) is 5.41 Å². The second kappa shape index (κ2) is 29.3. The maximum absolute atomic E-state index is 6.34. The summed E-state index contributed by atoms with van der Waals surface area (Å²) >= 11 is 4.89. The summed E-state index contributed by atoms with van der Waals surface area (Å²) in [5.41, 5.74) is 1.52. The smallest absolute Gasteiger partial charge is 0.108 e. The van der Waals surface area contributed by atoms with Crippen LogP contribution in [0.5, 0.6) is 0 Å². The number of hydrogen-bond acceptors (Lipinski definition) is 3. The molecule has 0 bridgehead atoms. The van der Waals surface area contributed by atoms with Crippen molar-refractivity contribution in [3.05, 3.63) is 12.3 Å². The molecule has 0 fully saturated rings. The highest BCUT2D eigenvalue weighted by Crippen LogP contribution is 2.29. The summed E-state index contributed by atoms with van der Waals surface area (Å²) in [5, 5.41) is 0. The molecule has 0 saturated carbocycles. The van der Waals surface area contributed by atoms with Crippen LogP contribution in [0.3, 0.4) is 0 Å². The van der Waals surface area contributed by atoms with E-state index in [2.05, 4.69) is 53.0 Å². The van der Waals surface area contributed by atoms with Gasteiger partial charge in [-0.2, -0.15) is 0 Å². The Labute approximate surface area is 278 Å². The Morgan fingerprint density at radius 2 is 0.837 bits per heavy atom. The molecule has 0 aromatic rings. The number of hydrogen-bond donors (Lipinski definition) is 1. The Morgan fingerprint density at radius 3 is 1.16 bits per heavy atom. The maximum Gasteiger partial charge on any atom is 0.108 e. The van der Waals surface area contributed by atoms with Crippen molar-refractivity contribution in [3.63, 3.8) is 0 Å². The lowest BCUT2D eigenvalue weighted by atomic mass is 9.89. The molecule has 258 valence electrons. The average molecular weight is 624 g/mol. The van der Waals surface area contributed by atoms with Crippen LogP contribution in [0.4, 0.5) is 0 Å². The van der Waals surface area contributed by atoms with Gasteiger partial charge in [0.05, 0.1) is 6.61 Å². The highest BCUT2D eigenvalue weighted by Gasteiger charge is 2.22. The van der Waals surface area contributed by atoms with Crippen molar-refractivity contribution in [1.29, 1.82) is 0 Å². The largest absolute Gasteiger partial charge is 0.373 e. The minimum absolute atomic E-state index is 0.368. The van der Waals surface area contributed by atoms with Crippen LogP contribution in [0.15, 0.2) is 12.3 Å². The van der Waals surface area contributed by atoms with Gasteiger partial charge in [-0.05, 0) is 44.4 Å². The lowest BCUT2D eigenvalue weighted by molar-refractivity contribution is 0.0356. The molecule has 0 radical (unpaired) electrons. The van der Waals surface area contributed by atoms with E-state index in [1.165, 1.54) is 161 Å². The molecule has 0 N–H and O–H groups in total. The molecule has 0 aliphatic heterocycles. The third kappa shape index (κ3) is 31.6. The van der Waals surface area contributed by atoms with E-state index in [0.717, 1.165) is 31.6 Å². The van der Waals surface area contributed by atoms with Crippen molar-refractivity contribution < 1.29 is 4.74 Å². The summed E-state index contributed by atoms with van der Waals surface area (Å²) in [6, 6.07) is 0. The summed E-state index contributed by atoms with van der Waals surface area (Å²) in [6.45, 7) is 21.0. The molecule has 0 spiro atoms. The molecule has 2 nitrogen and oxygen atoms in total. The minimum atomic E-state index is -0.383. The maximum atomic E-state index is 6.34. The van der Waals surface area contributed by atoms with Gasteiger partial charge in [0.25, 0.3) is 0 Å². The Morgan fingerprint density at radius 1 is 0.512 bits per heavy atom. The van der Waals surface area contributed by atoms with E-state index in [1.807, 2.05) is 0 Å². The van der Waals surface area contributed by atoms with Gasteiger partial charge in [0.1, 0.15) is 4.93 Å². The van der Waals surface area contributed by atoms with Crippen molar-refractivity contribution in [3.8, 4) is 0 Å². The van der Waals surface area contributed by atoms with Crippen LogP contribution >= 0.6 is 12.6 Å². The Bertz CT molecular complexity index is 568. The summed E-state index contributed by atoms with van der Waals surface area (Å²) in [5.74, 6) is 0. The summed E-state index contributed by atoms with van der Waals surface area (Å²) in [4.78, 5) is 2.16. The second-order valence-corrected chi connectivity index (χ2v) is 16.2. The van der Waals surface area contributed by atoms with Gasteiger partial charge < -0.3 is 9.64 Å². The molecule has 0 aliphatic carbocycles. The Balaban J connectivity index is 4.33. The van der Waals surface area contributed by atoms with E-state index in [-0.39, 0.29) is 4.93 Å². The van der Waals surface area contributed by atoms with E-state index in [4.69, 9.17) is 17.4 Å². The zero-order chi connectivity index (χ0) is 32.1. The lowest BCUT2D eigenvalue weighted by Gasteiger charge is -2.31. The number of thiol groups is 1. The van der Waals surface area contributed by atoms with E-state index < -0.39 is 0 Å². The van der Waals surface area contributed by atoms with Crippen molar-refractivity contribution >= 4 is 12.6 Å². The van der Waals surface area contributed by atoms with Gasteiger partial charge in [-0.3, -0.25) is 0 Å². The first kappa shape index (κ1) is 42.9. The quantitative estimate of drug-likeness (QED) is 0.0443. The molecule has 3 heteroatoms. The first-order valence-electron chi connectivity index (χ1n) is 19.4. The molecular formula is C40H81NOS. The van der Waals surface area contributed by atoms with Crippen LogP contribution in [0, 0.1) is 5.41 Å². The van der Waals surface area contributed by atoms with Gasteiger partial charge in [-0.15, -0.1) is 12.6 Å². The van der Waals surface area contributed by atoms with Crippen LogP contribution in [-0.4, -0.2) is 29.5 Å². The Kier molecular flexibility index (Phi) is 29.2. The molecule has 0 amide bonds. The monoisotopic (exact) mass is 624 g/mol. The third-order valence-corrected chi connectivity index (χ3v) is 9.48.